The first-order valence-corrected chi connectivity index (χ1v) is 5.23. The molecule has 0 atom stereocenters. The predicted octanol–water partition coefficient (Wildman–Crippen LogP) is 2.14. The number of H-pyrrole nitrogens is 1. The quantitative estimate of drug-likeness (QED) is 0.808. The third-order valence-electron chi connectivity index (χ3n) is 2.86. The number of benzene rings is 1. The van der Waals surface area contributed by atoms with Crippen molar-refractivity contribution in [2.75, 3.05) is 0 Å². The average molecular weight is 233 g/mol. The third-order valence-corrected chi connectivity index (χ3v) is 2.86. The second kappa shape index (κ2) is 3.80. The van der Waals surface area contributed by atoms with Gasteiger partial charge in [0.2, 0.25) is 0 Å². The molecule has 0 aliphatic carbocycles. The van der Waals surface area contributed by atoms with Gasteiger partial charge in [-0.2, -0.15) is 0 Å². The van der Waals surface area contributed by atoms with Crippen LogP contribution in [0, 0.1) is 5.82 Å². The number of hydrogen-bond donors (Lipinski definition) is 1. The molecule has 0 unspecified atom stereocenters. The SMILES string of the molecule is CC(C)(C=O)c1cc(F)c2c(=O)[nH]ccc2c1. The Morgan fingerprint density at radius 2 is 2.06 bits per heavy atom. The molecule has 0 amide bonds. The van der Waals surface area contributed by atoms with Crippen molar-refractivity contribution < 1.29 is 9.18 Å². The molecule has 4 heteroatoms. The highest BCUT2D eigenvalue weighted by atomic mass is 19.1. The first kappa shape index (κ1) is 11.5. The Bertz CT molecular complexity index is 643. The van der Waals surface area contributed by atoms with Crippen LogP contribution >= 0.6 is 0 Å². The molecule has 0 fully saturated rings. The van der Waals surface area contributed by atoms with Gasteiger partial charge in [0, 0.05) is 11.6 Å². The van der Waals surface area contributed by atoms with Crippen LogP contribution < -0.4 is 5.56 Å². The van der Waals surface area contributed by atoms with Crippen LogP contribution in [0.3, 0.4) is 0 Å². The van der Waals surface area contributed by atoms with Crippen LogP contribution in [0.2, 0.25) is 0 Å². The zero-order valence-corrected chi connectivity index (χ0v) is 9.58. The van der Waals surface area contributed by atoms with E-state index in [2.05, 4.69) is 4.98 Å². The molecule has 1 N–H and O–H groups in total. The molecule has 0 saturated carbocycles. The van der Waals surface area contributed by atoms with Crippen molar-refractivity contribution in [1.29, 1.82) is 0 Å². The van der Waals surface area contributed by atoms with Gasteiger partial charge in [0.25, 0.3) is 5.56 Å². The fourth-order valence-electron chi connectivity index (χ4n) is 1.72. The molecule has 1 aromatic heterocycles. The van der Waals surface area contributed by atoms with E-state index in [0.29, 0.717) is 10.9 Å². The Kier molecular flexibility index (Phi) is 2.58. The van der Waals surface area contributed by atoms with Crippen molar-refractivity contribution in [2.45, 2.75) is 19.3 Å². The molecule has 0 bridgehead atoms. The van der Waals surface area contributed by atoms with Crippen molar-refractivity contribution in [2.24, 2.45) is 0 Å². The maximum atomic E-state index is 13.8. The molecule has 0 saturated heterocycles. The van der Waals surface area contributed by atoms with Crippen LogP contribution in [-0.4, -0.2) is 11.3 Å². The zero-order chi connectivity index (χ0) is 12.6. The molecule has 88 valence electrons. The normalized spacial score (nSPS) is 11.7. The van der Waals surface area contributed by atoms with Gasteiger partial charge in [0.1, 0.15) is 12.1 Å². The fraction of sp³-hybridized carbons (Fsp3) is 0.231. The van der Waals surface area contributed by atoms with Gasteiger partial charge in [-0.3, -0.25) is 4.79 Å². The first-order chi connectivity index (χ1) is 7.95. The number of aromatic amines is 1. The van der Waals surface area contributed by atoms with Crippen LogP contribution in [0.25, 0.3) is 10.8 Å². The highest BCUT2D eigenvalue weighted by Gasteiger charge is 2.21. The summed E-state index contributed by atoms with van der Waals surface area (Å²) in [4.78, 5) is 24.8. The van der Waals surface area contributed by atoms with E-state index < -0.39 is 16.8 Å². The topological polar surface area (TPSA) is 49.9 Å². The first-order valence-electron chi connectivity index (χ1n) is 5.23. The van der Waals surface area contributed by atoms with Gasteiger partial charge >= 0.3 is 0 Å². The lowest BCUT2D eigenvalue weighted by Gasteiger charge is -2.18. The molecule has 2 rings (SSSR count). The number of carbonyl (C=O) groups excluding carboxylic acids is 1. The number of halogens is 1. The van der Waals surface area contributed by atoms with Gasteiger partial charge in [0.05, 0.1) is 5.39 Å². The van der Waals surface area contributed by atoms with Gasteiger partial charge in [-0.15, -0.1) is 0 Å². The van der Waals surface area contributed by atoms with E-state index in [1.165, 1.54) is 12.3 Å². The van der Waals surface area contributed by atoms with E-state index in [-0.39, 0.29) is 5.39 Å². The van der Waals surface area contributed by atoms with Crippen LogP contribution in [-0.2, 0) is 10.2 Å². The summed E-state index contributed by atoms with van der Waals surface area (Å²) in [7, 11) is 0. The number of carbonyl (C=O) groups is 1. The van der Waals surface area contributed by atoms with Crippen LogP contribution in [0.4, 0.5) is 4.39 Å². The molecule has 0 radical (unpaired) electrons. The van der Waals surface area contributed by atoms with Gasteiger partial charge in [-0.1, -0.05) is 0 Å². The van der Waals surface area contributed by atoms with Crippen LogP contribution in [0.5, 0.6) is 0 Å². The molecule has 0 aliphatic heterocycles. The maximum absolute atomic E-state index is 13.8. The van der Waals surface area contributed by atoms with Crippen molar-refractivity contribution in [3.8, 4) is 0 Å². The van der Waals surface area contributed by atoms with E-state index in [0.717, 1.165) is 6.29 Å². The largest absolute Gasteiger partial charge is 0.328 e. The number of fused-ring (bicyclic) bond motifs is 1. The predicted molar refractivity (Wildman–Crippen MR) is 63.6 cm³/mol. The number of hydrogen-bond acceptors (Lipinski definition) is 2. The number of aldehydes is 1. The standard InChI is InChI=1S/C13H12FNO2/c1-13(2,7-16)9-5-8-3-4-15-12(17)11(8)10(14)6-9/h3-7H,1-2H3,(H,15,17). The lowest BCUT2D eigenvalue weighted by atomic mass is 9.85. The number of nitrogens with one attached hydrogen (secondary N) is 1. The second-order valence-corrected chi connectivity index (χ2v) is 4.57. The lowest BCUT2D eigenvalue weighted by Crippen LogP contribution is -2.19. The van der Waals surface area contributed by atoms with Gasteiger partial charge in [0.15, 0.2) is 0 Å². The summed E-state index contributed by atoms with van der Waals surface area (Å²) in [5.41, 5.74) is -0.670. The zero-order valence-electron chi connectivity index (χ0n) is 9.58. The molecule has 3 nitrogen and oxygen atoms in total. The van der Waals surface area contributed by atoms with E-state index in [9.17, 15) is 14.0 Å². The summed E-state index contributed by atoms with van der Waals surface area (Å²) in [6, 6.07) is 4.53. The minimum absolute atomic E-state index is 0.0259. The Labute approximate surface area is 97.3 Å². The van der Waals surface area contributed by atoms with E-state index in [1.807, 2.05) is 0 Å². The van der Waals surface area contributed by atoms with Crippen molar-refractivity contribution in [3.05, 3.63) is 46.1 Å². The molecular formula is C13H12FNO2. The summed E-state index contributed by atoms with van der Waals surface area (Å²) in [5, 5.41) is 0.525. The lowest BCUT2D eigenvalue weighted by molar-refractivity contribution is -0.111. The Morgan fingerprint density at radius 3 is 2.71 bits per heavy atom. The van der Waals surface area contributed by atoms with Crippen molar-refractivity contribution in [3.63, 3.8) is 0 Å². The minimum atomic E-state index is -0.766. The van der Waals surface area contributed by atoms with Crippen LogP contribution in [0.1, 0.15) is 19.4 Å². The van der Waals surface area contributed by atoms with E-state index >= 15 is 0 Å². The maximum Gasteiger partial charge on any atom is 0.258 e. The highest BCUT2D eigenvalue weighted by molar-refractivity contribution is 5.84. The number of aromatic nitrogens is 1. The van der Waals surface area contributed by atoms with E-state index in [1.54, 1.807) is 26.0 Å². The van der Waals surface area contributed by atoms with Gasteiger partial charge in [-0.25, -0.2) is 4.39 Å². The molecule has 0 spiro atoms. The molecule has 17 heavy (non-hydrogen) atoms. The minimum Gasteiger partial charge on any atom is -0.328 e. The average Bonchev–Trinajstić information content (AvgIpc) is 2.28. The van der Waals surface area contributed by atoms with Gasteiger partial charge < -0.3 is 9.78 Å². The summed E-state index contributed by atoms with van der Waals surface area (Å²) < 4.78 is 13.8. The summed E-state index contributed by atoms with van der Waals surface area (Å²) >= 11 is 0. The third kappa shape index (κ3) is 1.86. The number of pyridine rings is 1. The fourth-order valence-corrected chi connectivity index (χ4v) is 1.72. The van der Waals surface area contributed by atoms with Crippen LogP contribution in [0.15, 0.2) is 29.2 Å². The smallest absolute Gasteiger partial charge is 0.258 e. The second-order valence-electron chi connectivity index (χ2n) is 4.57. The summed E-state index contributed by atoms with van der Waals surface area (Å²) in [6.07, 6.45) is 2.22. The molecule has 1 heterocycles. The molecule has 2 aromatic rings. The number of rotatable bonds is 2. The molecule has 0 aliphatic rings. The Hall–Kier alpha value is -1.97. The summed E-state index contributed by atoms with van der Waals surface area (Å²) in [5.74, 6) is -0.603. The van der Waals surface area contributed by atoms with Crippen molar-refractivity contribution >= 4 is 17.1 Å². The molecule has 1 aromatic carbocycles. The summed E-state index contributed by atoms with van der Waals surface area (Å²) in [6.45, 7) is 3.40. The van der Waals surface area contributed by atoms with Gasteiger partial charge in [-0.05, 0) is 43.0 Å². The van der Waals surface area contributed by atoms with E-state index in [4.69, 9.17) is 0 Å². The van der Waals surface area contributed by atoms with Crippen molar-refractivity contribution in [1.82, 2.24) is 4.98 Å². The highest BCUT2D eigenvalue weighted by Crippen LogP contribution is 2.25. The Balaban J connectivity index is 2.82. The Morgan fingerprint density at radius 1 is 1.35 bits per heavy atom. The monoisotopic (exact) mass is 233 g/mol. The molecular weight excluding hydrogens is 221 g/mol.